The summed E-state index contributed by atoms with van der Waals surface area (Å²) in [5.41, 5.74) is 4.21. The number of methoxy groups -OCH3 is 1. The lowest BCUT2D eigenvalue weighted by Crippen LogP contribution is -2.20. The summed E-state index contributed by atoms with van der Waals surface area (Å²) in [6.45, 7) is 3.17. The number of hydrogen-bond acceptors (Lipinski definition) is 6. The molecule has 0 unspecified atom stereocenters. The molecule has 0 aliphatic heterocycles. The molecule has 0 saturated heterocycles. The fourth-order valence-corrected chi connectivity index (χ4v) is 4.96. The molecule has 0 aliphatic rings. The van der Waals surface area contributed by atoms with Crippen LogP contribution in [0.5, 0.6) is 11.5 Å². The maximum absolute atomic E-state index is 10.5. The number of nitrogens with zero attached hydrogens (tertiary/aromatic N) is 4. The van der Waals surface area contributed by atoms with E-state index in [-0.39, 0.29) is 5.75 Å². The minimum atomic E-state index is 0.155. The molecule has 4 rings (SSSR count). The first-order chi connectivity index (χ1) is 16.5. The molecule has 0 spiro atoms. The highest BCUT2D eigenvalue weighted by Crippen LogP contribution is 2.31. The number of phenols is 1. The van der Waals surface area contributed by atoms with Crippen LogP contribution in [0.1, 0.15) is 22.5 Å². The molecule has 1 aromatic heterocycles. The van der Waals surface area contributed by atoms with Crippen molar-refractivity contribution in [2.45, 2.75) is 30.9 Å². The number of aromatic nitrogens is 3. The number of phenolic OH excluding ortho intramolecular Hbond substituents is 1. The zero-order valence-electron chi connectivity index (χ0n) is 19.4. The molecule has 0 radical (unpaired) electrons. The van der Waals surface area contributed by atoms with Crippen molar-refractivity contribution < 1.29 is 9.84 Å². The first-order valence-electron chi connectivity index (χ1n) is 10.9. The Kier molecular flexibility index (Phi) is 7.77. The van der Waals surface area contributed by atoms with E-state index in [1.165, 1.54) is 11.1 Å². The second kappa shape index (κ2) is 11.0. The number of halogens is 1. The van der Waals surface area contributed by atoms with Gasteiger partial charge < -0.3 is 9.84 Å². The van der Waals surface area contributed by atoms with Crippen LogP contribution in [0.4, 0.5) is 0 Å². The monoisotopic (exact) mass is 494 g/mol. The van der Waals surface area contributed by atoms with Gasteiger partial charge in [-0.05, 0) is 49.4 Å². The van der Waals surface area contributed by atoms with Gasteiger partial charge in [-0.1, -0.05) is 65.8 Å². The molecule has 0 saturated carbocycles. The SMILES string of the molecule is COc1cccc(CN(C)Cc2nnc(SCc3ccccc3C)n2-c2cccc(Cl)c2)c1O. The third-order valence-electron chi connectivity index (χ3n) is 5.54. The lowest BCUT2D eigenvalue weighted by atomic mass is 10.1. The van der Waals surface area contributed by atoms with Crippen LogP contribution in [0.2, 0.25) is 5.02 Å². The molecule has 0 bridgehead atoms. The normalized spacial score (nSPS) is 11.2. The average molecular weight is 495 g/mol. The van der Waals surface area contributed by atoms with E-state index in [2.05, 4.69) is 44.8 Å². The van der Waals surface area contributed by atoms with Gasteiger partial charge in [-0.15, -0.1) is 10.2 Å². The van der Waals surface area contributed by atoms with Crippen molar-refractivity contribution in [2.24, 2.45) is 0 Å². The molecular weight excluding hydrogens is 468 g/mol. The summed E-state index contributed by atoms with van der Waals surface area (Å²) in [7, 11) is 3.53. The van der Waals surface area contributed by atoms with Crippen LogP contribution in [0.3, 0.4) is 0 Å². The van der Waals surface area contributed by atoms with Gasteiger partial charge in [0.25, 0.3) is 0 Å². The largest absolute Gasteiger partial charge is 0.504 e. The molecule has 1 heterocycles. The lowest BCUT2D eigenvalue weighted by molar-refractivity contribution is 0.298. The van der Waals surface area contributed by atoms with Gasteiger partial charge in [0.05, 0.1) is 19.3 Å². The first kappa shape index (κ1) is 24.1. The van der Waals surface area contributed by atoms with E-state index >= 15 is 0 Å². The third-order valence-corrected chi connectivity index (χ3v) is 6.75. The van der Waals surface area contributed by atoms with E-state index in [4.69, 9.17) is 16.3 Å². The maximum Gasteiger partial charge on any atom is 0.196 e. The van der Waals surface area contributed by atoms with Crippen LogP contribution >= 0.6 is 23.4 Å². The van der Waals surface area contributed by atoms with Gasteiger partial charge in [0.1, 0.15) is 0 Å². The number of benzene rings is 3. The van der Waals surface area contributed by atoms with Gasteiger partial charge in [0, 0.05) is 22.9 Å². The Morgan fingerprint density at radius 2 is 1.76 bits per heavy atom. The van der Waals surface area contributed by atoms with Gasteiger partial charge in [-0.25, -0.2) is 0 Å². The van der Waals surface area contributed by atoms with Gasteiger partial charge in [-0.3, -0.25) is 9.47 Å². The number of rotatable bonds is 9. The van der Waals surface area contributed by atoms with E-state index < -0.39 is 0 Å². The molecule has 3 aromatic carbocycles. The zero-order valence-corrected chi connectivity index (χ0v) is 21.0. The zero-order chi connectivity index (χ0) is 24.1. The van der Waals surface area contributed by atoms with Crippen LogP contribution in [0.25, 0.3) is 5.69 Å². The van der Waals surface area contributed by atoms with E-state index in [1.807, 2.05) is 49.5 Å². The topological polar surface area (TPSA) is 63.4 Å². The summed E-state index contributed by atoms with van der Waals surface area (Å²) in [6.07, 6.45) is 0. The Labute approximate surface area is 209 Å². The smallest absolute Gasteiger partial charge is 0.196 e. The summed E-state index contributed by atoms with van der Waals surface area (Å²) in [4.78, 5) is 2.08. The van der Waals surface area contributed by atoms with Crippen molar-refractivity contribution in [3.8, 4) is 17.2 Å². The minimum Gasteiger partial charge on any atom is -0.504 e. The first-order valence-corrected chi connectivity index (χ1v) is 12.2. The number of ether oxygens (including phenoxy) is 1. The lowest BCUT2D eigenvalue weighted by Gasteiger charge is -2.19. The average Bonchev–Trinajstić information content (AvgIpc) is 3.22. The molecule has 34 heavy (non-hydrogen) atoms. The van der Waals surface area contributed by atoms with E-state index in [0.717, 1.165) is 28.0 Å². The van der Waals surface area contributed by atoms with Crippen molar-refractivity contribution in [2.75, 3.05) is 14.2 Å². The number of hydrogen-bond donors (Lipinski definition) is 1. The summed E-state index contributed by atoms with van der Waals surface area (Å²) < 4.78 is 7.29. The standard InChI is InChI=1S/C26H27ClN4O2S/c1-18-8-4-5-9-20(18)17-34-26-29-28-24(31(26)22-12-7-11-21(27)14-22)16-30(2)15-19-10-6-13-23(33-3)25(19)32/h4-14,32H,15-17H2,1-3H3. The molecule has 4 aromatic rings. The Morgan fingerprint density at radius 1 is 1.00 bits per heavy atom. The Balaban J connectivity index is 1.60. The van der Waals surface area contributed by atoms with Crippen LogP contribution in [-0.2, 0) is 18.8 Å². The van der Waals surface area contributed by atoms with E-state index in [1.54, 1.807) is 24.9 Å². The summed E-state index contributed by atoms with van der Waals surface area (Å²) in [6, 6.07) is 21.6. The second-order valence-corrected chi connectivity index (χ2v) is 9.45. The number of para-hydroxylation sites is 1. The molecule has 6 nitrogen and oxygen atoms in total. The second-order valence-electron chi connectivity index (χ2n) is 8.07. The van der Waals surface area contributed by atoms with Gasteiger partial charge in [0.15, 0.2) is 22.5 Å². The van der Waals surface area contributed by atoms with Crippen LogP contribution in [-0.4, -0.2) is 38.9 Å². The Morgan fingerprint density at radius 3 is 2.53 bits per heavy atom. The molecule has 0 atom stereocenters. The fraction of sp³-hybridized carbons (Fsp3) is 0.231. The summed E-state index contributed by atoms with van der Waals surface area (Å²) in [5.74, 6) is 2.20. The van der Waals surface area contributed by atoms with Gasteiger partial charge in [-0.2, -0.15) is 0 Å². The van der Waals surface area contributed by atoms with Crippen LogP contribution < -0.4 is 4.74 Å². The Bertz CT molecular complexity index is 1280. The van der Waals surface area contributed by atoms with Gasteiger partial charge in [0.2, 0.25) is 0 Å². The van der Waals surface area contributed by atoms with Crippen molar-refractivity contribution in [1.29, 1.82) is 0 Å². The number of aryl methyl sites for hydroxylation is 1. The Hall–Kier alpha value is -3.00. The molecule has 0 amide bonds. The van der Waals surface area contributed by atoms with Crippen LogP contribution in [0.15, 0.2) is 71.9 Å². The van der Waals surface area contributed by atoms with Crippen LogP contribution in [0, 0.1) is 6.92 Å². The quantitative estimate of drug-likeness (QED) is 0.294. The molecule has 1 N–H and O–H groups in total. The number of thioether (sulfide) groups is 1. The predicted molar refractivity (Wildman–Crippen MR) is 137 cm³/mol. The molecular formula is C26H27ClN4O2S. The summed E-state index contributed by atoms with van der Waals surface area (Å²) in [5, 5.41) is 21.0. The van der Waals surface area contributed by atoms with E-state index in [0.29, 0.717) is 23.9 Å². The predicted octanol–water partition coefficient (Wildman–Crippen LogP) is 5.87. The minimum absolute atomic E-state index is 0.155. The molecule has 0 aliphatic carbocycles. The number of aromatic hydroxyl groups is 1. The van der Waals surface area contributed by atoms with E-state index in [9.17, 15) is 5.11 Å². The maximum atomic E-state index is 10.5. The fourth-order valence-electron chi connectivity index (χ4n) is 3.73. The van der Waals surface area contributed by atoms with Crippen molar-refractivity contribution in [1.82, 2.24) is 19.7 Å². The summed E-state index contributed by atoms with van der Waals surface area (Å²) >= 11 is 7.95. The highest BCUT2D eigenvalue weighted by atomic mass is 35.5. The molecule has 0 fully saturated rings. The van der Waals surface area contributed by atoms with Crippen molar-refractivity contribution in [3.05, 3.63) is 94.3 Å². The van der Waals surface area contributed by atoms with Gasteiger partial charge >= 0.3 is 0 Å². The highest BCUT2D eigenvalue weighted by molar-refractivity contribution is 7.98. The molecule has 8 heteroatoms. The highest BCUT2D eigenvalue weighted by Gasteiger charge is 2.18. The molecule has 176 valence electrons. The van der Waals surface area contributed by atoms with Crippen molar-refractivity contribution >= 4 is 23.4 Å². The third kappa shape index (κ3) is 5.55. The van der Waals surface area contributed by atoms with Crippen molar-refractivity contribution in [3.63, 3.8) is 0 Å².